The Morgan fingerprint density at radius 1 is 1.14 bits per heavy atom. The maximum atomic E-state index is 5.97. The van der Waals surface area contributed by atoms with Crippen LogP contribution in [0.15, 0.2) is 47.4 Å². The van der Waals surface area contributed by atoms with Crippen LogP contribution in [-0.4, -0.2) is 15.3 Å². The molecule has 0 N–H and O–H groups in total. The Balaban J connectivity index is 1.96. The molecule has 0 radical (unpaired) electrons. The summed E-state index contributed by atoms with van der Waals surface area (Å²) in [5.74, 6) is 2.19. The first-order valence-corrected chi connectivity index (χ1v) is 8.88. The molecule has 4 heteroatoms. The van der Waals surface area contributed by atoms with Gasteiger partial charge in [0.25, 0.3) is 0 Å². The van der Waals surface area contributed by atoms with Crippen molar-refractivity contribution in [3.63, 3.8) is 0 Å². The molecule has 3 aromatic rings. The lowest BCUT2D eigenvalue weighted by Crippen LogP contribution is -2.01. The molecule has 0 bridgehead atoms. The van der Waals surface area contributed by atoms with Crippen molar-refractivity contribution >= 4 is 34.4 Å². The summed E-state index contributed by atoms with van der Waals surface area (Å²) in [5, 5.41) is 0.772. The molecular weight excluding hydrogens is 312 g/mol. The summed E-state index contributed by atoms with van der Waals surface area (Å²) in [6.07, 6.45) is 1.19. The average molecular weight is 331 g/mol. The number of hydrogen-bond acceptors (Lipinski definition) is 2. The number of hydrogen-bond donors (Lipinski definition) is 0. The third-order valence-electron chi connectivity index (χ3n) is 3.64. The summed E-state index contributed by atoms with van der Waals surface area (Å²) in [6, 6.07) is 14.6. The van der Waals surface area contributed by atoms with Crippen molar-refractivity contribution in [3.05, 3.63) is 58.9 Å². The van der Waals surface area contributed by atoms with Gasteiger partial charge in [-0.2, -0.15) is 0 Å². The van der Waals surface area contributed by atoms with E-state index in [1.54, 1.807) is 0 Å². The minimum absolute atomic E-state index is 0.772. The molecule has 0 amide bonds. The molecule has 0 unspecified atom stereocenters. The van der Waals surface area contributed by atoms with Gasteiger partial charge in [-0.25, -0.2) is 4.98 Å². The molecule has 0 saturated carbocycles. The van der Waals surface area contributed by atoms with Crippen LogP contribution in [0.5, 0.6) is 0 Å². The van der Waals surface area contributed by atoms with E-state index >= 15 is 0 Å². The van der Waals surface area contributed by atoms with E-state index in [4.69, 9.17) is 11.6 Å². The van der Waals surface area contributed by atoms with Gasteiger partial charge in [-0.15, -0.1) is 11.8 Å². The summed E-state index contributed by atoms with van der Waals surface area (Å²) in [4.78, 5) is 5.99. The molecule has 2 aromatic carbocycles. The minimum atomic E-state index is 0.772. The highest BCUT2D eigenvalue weighted by Crippen LogP contribution is 2.25. The number of thioether (sulfide) groups is 1. The van der Waals surface area contributed by atoms with E-state index in [-0.39, 0.29) is 0 Å². The molecule has 114 valence electrons. The first-order valence-electron chi connectivity index (χ1n) is 7.51. The number of rotatable bonds is 5. The van der Waals surface area contributed by atoms with E-state index in [0.717, 1.165) is 28.7 Å². The molecule has 0 atom stereocenters. The second-order valence-corrected chi connectivity index (χ2v) is 6.98. The summed E-state index contributed by atoms with van der Waals surface area (Å²) < 4.78 is 2.27. The smallest absolute Gasteiger partial charge is 0.107 e. The highest BCUT2D eigenvalue weighted by molar-refractivity contribution is 7.99. The van der Waals surface area contributed by atoms with Crippen LogP contribution in [0.2, 0.25) is 5.02 Å². The maximum Gasteiger partial charge on any atom is 0.107 e. The number of nitrogens with zero attached hydrogens (tertiary/aromatic N) is 2. The summed E-state index contributed by atoms with van der Waals surface area (Å²) in [7, 11) is 0. The maximum absolute atomic E-state index is 5.97. The van der Waals surface area contributed by atoms with E-state index in [0.29, 0.717) is 0 Å². The Kier molecular flexibility index (Phi) is 4.74. The molecule has 3 rings (SSSR count). The molecule has 0 spiro atoms. The molecule has 2 nitrogen and oxygen atoms in total. The molecule has 0 aliphatic rings. The Bertz CT molecular complexity index is 778. The Morgan fingerprint density at radius 2 is 1.91 bits per heavy atom. The van der Waals surface area contributed by atoms with Crippen molar-refractivity contribution in [2.45, 2.75) is 31.7 Å². The van der Waals surface area contributed by atoms with E-state index < -0.39 is 0 Å². The van der Waals surface area contributed by atoms with Gasteiger partial charge in [-0.1, -0.05) is 30.7 Å². The van der Waals surface area contributed by atoms with Crippen molar-refractivity contribution in [2.75, 3.05) is 5.75 Å². The largest absolute Gasteiger partial charge is 0.324 e. The number of aromatic nitrogens is 2. The Morgan fingerprint density at radius 3 is 2.64 bits per heavy atom. The van der Waals surface area contributed by atoms with Crippen LogP contribution in [0.4, 0.5) is 0 Å². The standard InChI is InChI=1S/C18H19ClN2S/c1-3-10-22-16-8-9-17-18(11-16)21(13(2)20-17)12-14-4-6-15(19)7-5-14/h4-9,11H,3,10,12H2,1-2H3. The summed E-state index contributed by atoms with van der Waals surface area (Å²) in [5.41, 5.74) is 3.50. The average Bonchev–Trinajstić information content (AvgIpc) is 2.83. The van der Waals surface area contributed by atoms with Crippen LogP contribution in [0.1, 0.15) is 24.7 Å². The highest BCUT2D eigenvalue weighted by atomic mass is 35.5. The van der Waals surface area contributed by atoms with Gasteiger partial charge in [0.15, 0.2) is 0 Å². The number of imidazole rings is 1. The first-order chi connectivity index (χ1) is 10.7. The fraction of sp³-hybridized carbons (Fsp3) is 0.278. The van der Waals surface area contributed by atoms with Gasteiger partial charge in [0, 0.05) is 16.5 Å². The summed E-state index contributed by atoms with van der Waals surface area (Å²) >= 11 is 7.87. The lowest BCUT2D eigenvalue weighted by molar-refractivity contribution is 0.785. The molecule has 22 heavy (non-hydrogen) atoms. The van der Waals surface area contributed by atoms with Gasteiger partial charge in [0.1, 0.15) is 5.82 Å². The van der Waals surface area contributed by atoms with Crippen molar-refractivity contribution < 1.29 is 0 Å². The van der Waals surface area contributed by atoms with Gasteiger partial charge in [0.2, 0.25) is 0 Å². The lowest BCUT2D eigenvalue weighted by atomic mass is 10.2. The van der Waals surface area contributed by atoms with Crippen LogP contribution in [0.25, 0.3) is 11.0 Å². The van der Waals surface area contributed by atoms with Crippen LogP contribution >= 0.6 is 23.4 Å². The molecular formula is C18H19ClN2S. The third kappa shape index (κ3) is 3.31. The highest BCUT2D eigenvalue weighted by Gasteiger charge is 2.09. The Labute approximate surface area is 140 Å². The van der Waals surface area contributed by atoms with E-state index in [2.05, 4.69) is 53.7 Å². The van der Waals surface area contributed by atoms with Gasteiger partial charge in [0.05, 0.1) is 11.0 Å². The van der Waals surface area contributed by atoms with E-state index in [1.807, 2.05) is 23.9 Å². The zero-order valence-electron chi connectivity index (χ0n) is 12.8. The predicted molar refractivity (Wildman–Crippen MR) is 96.0 cm³/mol. The van der Waals surface area contributed by atoms with Crippen LogP contribution in [0, 0.1) is 6.92 Å². The number of benzene rings is 2. The van der Waals surface area contributed by atoms with Crippen LogP contribution < -0.4 is 0 Å². The SMILES string of the molecule is CCCSc1ccc2nc(C)n(Cc3ccc(Cl)cc3)c2c1. The van der Waals surface area contributed by atoms with Gasteiger partial charge < -0.3 is 4.57 Å². The topological polar surface area (TPSA) is 17.8 Å². The van der Waals surface area contributed by atoms with Gasteiger partial charge >= 0.3 is 0 Å². The van der Waals surface area contributed by atoms with Gasteiger partial charge in [-0.3, -0.25) is 0 Å². The van der Waals surface area contributed by atoms with E-state index in [9.17, 15) is 0 Å². The molecule has 1 heterocycles. The van der Waals surface area contributed by atoms with Crippen LogP contribution in [-0.2, 0) is 6.54 Å². The quantitative estimate of drug-likeness (QED) is 0.571. The summed E-state index contributed by atoms with van der Waals surface area (Å²) in [6.45, 7) is 5.09. The van der Waals surface area contributed by atoms with E-state index in [1.165, 1.54) is 22.4 Å². The minimum Gasteiger partial charge on any atom is -0.324 e. The molecule has 0 aliphatic heterocycles. The number of fused-ring (bicyclic) bond motifs is 1. The van der Waals surface area contributed by atoms with Crippen molar-refractivity contribution in [3.8, 4) is 0 Å². The predicted octanol–water partition coefficient (Wildman–Crippen LogP) is 5.55. The fourth-order valence-corrected chi connectivity index (χ4v) is 3.43. The van der Waals surface area contributed by atoms with Crippen molar-refractivity contribution in [2.24, 2.45) is 0 Å². The molecule has 1 aromatic heterocycles. The molecule has 0 aliphatic carbocycles. The zero-order chi connectivity index (χ0) is 15.5. The second-order valence-electron chi connectivity index (χ2n) is 5.37. The number of halogens is 1. The van der Waals surface area contributed by atoms with Crippen molar-refractivity contribution in [1.82, 2.24) is 9.55 Å². The second kappa shape index (κ2) is 6.76. The fourth-order valence-electron chi connectivity index (χ4n) is 2.50. The van der Waals surface area contributed by atoms with Gasteiger partial charge in [-0.05, 0) is 55.0 Å². The third-order valence-corrected chi connectivity index (χ3v) is 5.09. The normalized spacial score (nSPS) is 11.2. The molecule has 0 saturated heterocycles. The monoisotopic (exact) mass is 330 g/mol. The zero-order valence-corrected chi connectivity index (χ0v) is 14.4. The van der Waals surface area contributed by atoms with Crippen LogP contribution in [0.3, 0.4) is 0 Å². The first kappa shape index (κ1) is 15.4. The van der Waals surface area contributed by atoms with Crippen molar-refractivity contribution in [1.29, 1.82) is 0 Å². The Hall–Kier alpha value is -1.45. The number of aryl methyl sites for hydroxylation is 1. The lowest BCUT2D eigenvalue weighted by Gasteiger charge is -2.08. The molecule has 0 fully saturated rings.